The Hall–Kier alpha value is -0.0400. The highest BCUT2D eigenvalue weighted by molar-refractivity contribution is 5.11. The van der Waals surface area contributed by atoms with Crippen LogP contribution in [0.4, 0.5) is 0 Å². The average Bonchev–Trinajstić information content (AvgIpc) is 3.20. The molecule has 0 spiro atoms. The summed E-state index contributed by atoms with van der Waals surface area (Å²) in [6.07, 6.45) is 18.4. The minimum Gasteiger partial charge on any atom is -0.300 e. The molecule has 0 aromatic heterocycles. The van der Waals surface area contributed by atoms with Gasteiger partial charge in [0.2, 0.25) is 0 Å². The summed E-state index contributed by atoms with van der Waals surface area (Å²) in [5.74, 6) is 4.29. The Morgan fingerprint density at radius 2 is 1.46 bits per heavy atom. The Bertz CT molecular complexity index is 480. The van der Waals surface area contributed by atoms with Crippen molar-refractivity contribution in [3.63, 3.8) is 0 Å². The summed E-state index contributed by atoms with van der Waals surface area (Å²) in [6.45, 7) is 8.25. The molecule has 1 aliphatic heterocycles. The van der Waals surface area contributed by atoms with Crippen molar-refractivity contribution in [2.24, 2.45) is 34.5 Å². The van der Waals surface area contributed by atoms with Gasteiger partial charge in [-0.3, -0.25) is 4.90 Å². The van der Waals surface area contributed by atoms with Crippen molar-refractivity contribution < 1.29 is 0 Å². The fourth-order valence-electron chi connectivity index (χ4n) is 8.92. The molecule has 4 aliphatic carbocycles. The standard InChI is InChI=1S/C23H39N/c1-22-13-4-3-7-17(22)8-9-18-19-10-11-21(24-15-5-6-16-24)23(19,2)14-12-20(18)22/h17-21H,3-16H2,1-2H3/t17?,18-,19-,20-,21?,22-,23-/m0/s1. The van der Waals surface area contributed by atoms with Crippen molar-refractivity contribution in [2.75, 3.05) is 13.1 Å². The van der Waals surface area contributed by atoms with Crippen LogP contribution in [-0.2, 0) is 0 Å². The van der Waals surface area contributed by atoms with Crippen LogP contribution < -0.4 is 0 Å². The van der Waals surface area contributed by atoms with Gasteiger partial charge in [-0.25, -0.2) is 0 Å². The maximum Gasteiger partial charge on any atom is 0.0152 e. The smallest absolute Gasteiger partial charge is 0.0152 e. The second-order valence-electron chi connectivity index (χ2n) is 10.8. The summed E-state index contributed by atoms with van der Waals surface area (Å²) < 4.78 is 0. The molecule has 1 heterocycles. The number of nitrogens with zero attached hydrogens (tertiary/aromatic N) is 1. The molecule has 5 fully saturated rings. The molecule has 0 aromatic rings. The van der Waals surface area contributed by atoms with E-state index in [0.29, 0.717) is 10.8 Å². The van der Waals surface area contributed by atoms with Gasteiger partial charge in [-0.1, -0.05) is 26.7 Å². The predicted molar refractivity (Wildman–Crippen MR) is 101 cm³/mol. The molecule has 1 saturated heterocycles. The predicted octanol–water partition coefficient (Wildman–Crippen LogP) is 5.88. The third-order valence-electron chi connectivity index (χ3n) is 10.1. The van der Waals surface area contributed by atoms with Crippen molar-refractivity contribution in [1.29, 1.82) is 0 Å². The van der Waals surface area contributed by atoms with E-state index in [0.717, 1.165) is 29.7 Å². The summed E-state index contributed by atoms with van der Waals surface area (Å²) in [4.78, 5) is 2.91. The van der Waals surface area contributed by atoms with E-state index in [1.54, 1.807) is 44.9 Å². The maximum absolute atomic E-state index is 2.91. The molecule has 0 bridgehead atoms. The fourth-order valence-corrected chi connectivity index (χ4v) is 8.92. The van der Waals surface area contributed by atoms with Crippen LogP contribution in [0.3, 0.4) is 0 Å². The second kappa shape index (κ2) is 5.73. The number of likely N-dealkylation sites (tertiary alicyclic amines) is 1. The highest BCUT2D eigenvalue weighted by Gasteiger charge is 2.60. The fraction of sp³-hybridized carbons (Fsp3) is 1.00. The molecule has 1 heteroatoms. The van der Waals surface area contributed by atoms with Gasteiger partial charge in [0.25, 0.3) is 0 Å². The van der Waals surface area contributed by atoms with E-state index in [9.17, 15) is 0 Å². The van der Waals surface area contributed by atoms with Crippen LogP contribution in [0.2, 0.25) is 0 Å². The van der Waals surface area contributed by atoms with Gasteiger partial charge >= 0.3 is 0 Å². The van der Waals surface area contributed by atoms with Crippen LogP contribution in [0, 0.1) is 34.5 Å². The number of hydrogen-bond acceptors (Lipinski definition) is 1. The van der Waals surface area contributed by atoms with Gasteiger partial charge in [0.05, 0.1) is 0 Å². The van der Waals surface area contributed by atoms with Gasteiger partial charge in [-0.2, -0.15) is 0 Å². The molecule has 0 N–H and O–H groups in total. The lowest BCUT2D eigenvalue weighted by atomic mass is 9.45. The summed E-state index contributed by atoms with van der Waals surface area (Å²) in [5, 5.41) is 0. The zero-order valence-electron chi connectivity index (χ0n) is 16.2. The van der Waals surface area contributed by atoms with Gasteiger partial charge in [0.15, 0.2) is 0 Å². The Morgan fingerprint density at radius 1 is 0.667 bits per heavy atom. The van der Waals surface area contributed by atoms with Crippen LogP contribution in [0.1, 0.15) is 90.9 Å². The topological polar surface area (TPSA) is 3.24 Å². The third kappa shape index (κ3) is 2.15. The van der Waals surface area contributed by atoms with E-state index in [-0.39, 0.29) is 0 Å². The summed E-state index contributed by atoms with van der Waals surface area (Å²) in [7, 11) is 0. The number of hydrogen-bond donors (Lipinski definition) is 0. The van der Waals surface area contributed by atoms with Crippen molar-refractivity contribution in [3.05, 3.63) is 0 Å². The van der Waals surface area contributed by atoms with E-state index >= 15 is 0 Å². The Balaban J connectivity index is 1.41. The monoisotopic (exact) mass is 329 g/mol. The van der Waals surface area contributed by atoms with Crippen LogP contribution in [0.5, 0.6) is 0 Å². The van der Waals surface area contributed by atoms with Gasteiger partial charge in [0, 0.05) is 6.04 Å². The first-order valence-corrected chi connectivity index (χ1v) is 11.4. The lowest BCUT2D eigenvalue weighted by Crippen LogP contribution is -2.55. The Kier molecular flexibility index (Phi) is 3.86. The zero-order chi connectivity index (χ0) is 16.4. The minimum absolute atomic E-state index is 0.656. The quantitative estimate of drug-likeness (QED) is 0.580. The molecule has 4 saturated carbocycles. The first-order valence-electron chi connectivity index (χ1n) is 11.4. The molecule has 2 unspecified atom stereocenters. The van der Waals surface area contributed by atoms with Gasteiger partial charge in [-0.05, 0) is 112 Å². The third-order valence-corrected chi connectivity index (χ3v) is 10.1. The average molecular weight is 330 g/mol. The molecular formula is C23H39N. The Labute approximate surface area is 149 Å². The molecule has 136 valence electrons. The first-order chi connectivity index (χ1) is 11.6. The van der Waals surface area contributed by atoms with Crippen LogP contribution in [-0.4, -0.2) is 24.0 Å². The van der Waals surface area contributed by atoms with Crippen molar-refractivity contribution >= 4 is 0 Å². The summed E-state index contributed by atoms with van der Waals surface area (Å²) in [6, 6.07) is 0.933. The van der Waals surface area contributed by atoms with Gasteiger partial charge < -0.3 is 0 Å². The van der Waals surface area contributed by atoms with Gasteiger partial charge in [0.1, 0.15) is 0 Å². The van der Waals surface area contributed by atoms with Crippen LogP contribution in [0.25, 0.3) is 0 Å². The number of rotatable bonds is 1. The van der Waals surface area contributed by atoms with E-state index in [2.05, 4.69) is 18.7 Å². The molecule has 0 radical (unpaired) electrons. The SMILES string of the molecule is C[C@]12CCCCC1CC[C@@H]1[C@@H]2CC[C@]2(C)C(N3CCCC3)CC[C@@H]12. The van der Waals surface area contributed by atoms with Crippen LogP contribution >= 0.6 is 0 Å². The molecule has 5 rings (SSSR count). The maximum atomic E-state index is 2.91. The highest BCUT2D eigenvalue weighted by atomic mass is 15.2. The largest absolute Gasteiger partial charge is 0.300 e. The summed E-state index contributed by atoms with van der Waals surface area (Å²) in [5.41, 5.74) is 1.37. The molecule has 5 aliphatic rings. The van der Waals surface area contributed by atoms with E-state index < -0.39 is 0 Å². The molecule has 7 atom stereocenters. The summed E-state index contributed by atoms with van der Waals surface area (Å²) >= 11 is 0. The van der Waals surface area contributed by atoms with Crippen molar-refractivity contribution in [2.45, 2.75) is 96.9 Å². The van der Waals surface area contributed by atoms with E-state index in [1.165, 1.54) is 45.2 Å². The second-order valence-corrected chi connectivity index (χ2v) is 10.8. The lowest BCUT2D eigenvalue weighted by molar-refractivity contribution is -0.113. The molecule has 0 amide bonds. The highest BCUT2D eigenvalue weighted by Crippen LogP contribution is 2.66. The van der Waals surface area contributed by atoms with Crippen LogP contribution in [0.15, 0.2) is 0 Å². The van der Waals surface area contributed by atoms with Gasteiger partial charge in [-0.15, -0.1) is 0 Å². The molecule has 1 nitrogen and oxygen atoms in total. The van der Waals surface area contributed by atoms with E-state index in [4.69, 9.17) is 0 Å². The number of fused-ring (bicyclic) bond motifs is 5. The zero-order valence-corrected chi connectivity index (χ0v) is 16.2. The molecular weight excluding hydrogens is 290 g/mol. The molecule has 24 heavy (non-hydrogen) atoms. The lowest BCUT2D eigenvalue weighted by Gasteiger charge is -2.61. The van der Waals surface area contributed by atoms with E-state index in [1.807, 2.05) is 0 Å². The molecule has 0 aromatic carbocycles. The van der Waals surface area contributed by atoms with Crippen molar-refractivity contribution in [3.8, 4) is 0 Å². The Morgan fingerprint density at radius 3 is 2.29 bits per heavy atom. The normalized spacial score (nSPS) is 55.0. The first kappa shape index (κ1) is 16.2. The minimum atomic E-state index is 0.656. The van der Waals surface area contributed by atoms with Crippen molar-refractivity contribution in [1.82, 2.24) is 4.90 Å².